The predicted octanol–water partition coefficient (Wildman–Crippen LogP) is 1.54. The van der Waals surface area contributed by atoms with Gasteiger partial charge in [0.2, 0.25) is 0 Å². The molecular weight excluding hydrogens is 477 g/mol. The maximum atomic E-state index is 13.7. The third kappa shape index (κ3) is 4.84. The van der Waals surface area contributed by atoms with Crippen LogP contribution in [-0.2, 0) is 39.0 Å². The van der Waals surface area contributed by atoms with Gasteiger partial charge >= 0.3 is 16.4 Å². The lowest BCUT2D eigenvalue weighted by Crippen LogP contribution is -2.55. The van der Waals surface area contributed by atoms with Gasteiger partial charge in [0, 0.05) is 0 Å². The monoisotopic (exact) mass is 488 g/mol. The quantitative estimate of drug-likeness (QED) is 0.317. The molecule has 28 heavy (non-hydrogen) atoms. The van der Waals surface area contributed by atoms with Crippen molar-refractivity contribution in [2.45, 2.75) is 20.3 Å². The van der Waals surface area contributed by atoms with Crippen LogP contribution in [0.5, 0.6) is 0 Å². The van der Waals surface area contributed by atoms with Gasteiger partial charge in [-0.05, 0) is 0 Å². The number of sulfone groups is 3. The van der Waals surface area contributed by atoms with Gasteiger partial charge in [0.25, 0.3) is 33.4 Å². The molecule has 0 bridgehead atoms. The molecule has 0 radical (unpaired) electrons. The van der Waals surface area contributed by atoms with Crippen molar-refractivity contribution in [1.29, 1.82) is 0 Å². The minimum Gasteiger partial charge on any atom is -0.303 e. The van der Waals surface area contributed by atoms with Gasteiger partial charge < -0.3 is 9.47 Å². The summed E-state index contributed by atoms with van der Waals surface area (Å²) in [6.45, 7) is 2.69. The summed E-state index contributed by atoms with van der Waals surface area (Å²) < 4.78 is 164. The van der Waals surface area contributed by atoms with Gasteiger partial charge in [-0.1, -0.05) is 12.2 Å². The van der Waals surface area contributed by atoms with Gasteiger partial charge in [0.1, 0.15) is 0 Å². The van der Waals surface area contributed by atoms with Gasteiger partial charge in [-0.25, -0.2) is 25.3 Å². The summed E-state index contributed by atoms with van der Waals surface area (Å²) in [7, 11) is -22.6. The Morgan fingerprint density at radius 2 is 0.964 bits per heavy atom. The van der Waals surface area contributed by atoms with Crippen LogP contribution in [0.15, 0.2) is 25.3 Å². The molecule has 0 spiro atoms. The number of ether oxygens (including phenoxy) is 2. The Hall–Kier alpha value is -1.24. The molecule has 8 nitrogen and oxygen atoms in total. The van der Waals surface area contributed by atoms with Gasteiger partial charge in [-0.2, -0.15) is 30.7 Å². The molecule has 0 N–H and O–H groups in total. The van der Waals surface area contributed by atoms with Crippen LogP contribution in [0.3, 0.4) is 0 Å². The second-order valence-corrected chi connectivity index (χ2v) is 11.5. The lowest BCUT2D eigenvalue weighted by molar-refractivity contribution is -0.163. The van der Waals surface area contributed by atoms with Crippen molar-refractivity contribution in [3.05, 3.63) is 25.3 Å². The summed E-state index contributed by atoms with van der Waals surface area (Å²) in [5.41, 5.74) is -18.8. The number of rotatable bonds is 11. The molecule has 0 aliphatic heterocycles. The van der Waals surface area contributed by atoms with Crippen LogP contribution < -0.4 is 0 Å². The van der Waals surface area contributed by atoms with E-state index in [0.717, 1.165) is 0 Å². The molecule has 18 heteroatoms. The van der Waals surface area contributed by atoms with Gasteiger partial charge in [-0.3, -0.25) is 0 Å². The Labute approximate surface area is 154 Å². The van der Waals surface area contributed by atoms with Crippen molar-refractivity contribution in [2.24, 2.45) is 0 Å². The smallest absolute Gasteiger partial charge is 0.303 e. The Kier molecular flexibility index (Phi) is 7.88. The van der Waals surface area contributed by atoms with Crippen LogP contribution in [0.1, 0.15) is 0 Å². The summed E-state index contributed by atoms with van der Waals surface area (Å²) in [6, 6.07) is 0. The SMILES string of the molecule is C=CCOC(F)(F)S(=O)(=O)C(S(=O)(=O)C(F)(F)F)S(=O)(=O)C(F)(F)OCC=C. The van der Waals surface area contributed by atoms with E-state index in [2.05, 4.69) is 22.6 Å². The van der Waals surface area contributed by atoms with E-state index in [0.29, 0.717) is 12.2 Å². The molecule has 0 aliphatic rings. The third-order valence-corrected chi connectivity index (χ3v) is 10.8. The van der Waals surface area contributed by atoms with E-state index < -0.39 is 63.0 Å². The minimum atomic E-state index is -7.72. The highest BCUT2D eigenvalue weighted by molar-refractivity contribution is 8.24. The summed E-state index contributed by atoms with van der Waals surface area (Å²) in [4.78, 5) is 0. The van der Waals surface area contributed by atoms with Gasteiger partial charge in [0.15, 0.2) is 0 Å². The zero-order valence-corrected chi connectivity index (χ0v) is 15.6. The molecule has 0 rings (SSSR count). The average molecular weight is 488 g/mol. The minimum absolute atomic E-state index is 0.424. The summed E-state index contributed by atoms with van der Waals surface area (Å²) in [5.74, 6) is 0. The summed E-state index contributed by atoms with van der Waals surface area (Å²) in [6.07, 6.45) is 0.847. The van der Waals surface area contributed by atoms with Crippen LogP contribution in [0.2, 0.25) is 0 Å². The molecule has 0 aromatic heterocycles. The first kappa shape index (κ1) is 26.8. The molecule has 0 unspecified atom stereocenters. The van der Waals surface area contributed by atoms with Crippen molar-refractivity contribution in [3.63, 3.8) is 0 Å². The molecule has 0 atom stereocenters. The zero-order chi connectivity index (χ0) is 22.8. The fraction of sp³-hybridized carbons (Fsp3) is 0.600. The van der Waals surface area contributed by atoms with E-state index in [1.165, 1.54) is 0 Å². The Bertz CT molecular complexity index is 849. The van der Waals surface area contributed by atoms with Crippen LogP contribution in [0, 0.1) is 0 Å². The van der Waals surface area contributed by atoms with Crippen molar-refractivity contribution in [3.8, 4) is 0 Å². The first-order valence-corrected chi connectivity index (χ1v) is 10.9. The number of hydrogen-bond donors (Lipinski definition) is 0. The van der Waals surface area contributed by atoms with Gasteiger partial charge in [0.05, 0.1) is 13.2 Å². The number of halogens is 7. The maximum Gasteiger partial charge on any atom is 0.499 e. The van der Waals surface area contributed by atoms with Crippen LogP contribution in [-0.4, -0.2) is 58.8 Å². The molecule has 0 saturated carbocycles. The highest BCUT2D eigenvalue weighted by atomic mass is 32.3. The molecule has 0 aromatic carbocycles. The average Bonchev–Trinajstić information content (AvgIpc) is 2.48. The molecule has 0 amide bonds. The van der Waals surface area contributed by atoms with Crippen molar-refractivity contribution in [2.75, 3.05) is 13.2 Å². The molecule has 166 valence electrons. The molecule has 0 saturated heterocycles. The fourth-order valence-corrected chi connectivity index (χ4v) is 8.44. The third-order valence-electron chi connectivity index (χ3n) is 2.48. The molecule has 0 aromatic rings. The first-order valence-electron chi connectivity index (χ1n) is 6.26. The Morgan fingerprint density at radius 3 is 1.18 bits per heavy atom. The van der Waals surface area contributed by atoms with E-state index in [4.69, 9.17) is 0 Å². The highest BCUT2D eigenvalue weighted by Gasteiger charge is 2.73. The second-order valence-electron chi connectivity index (χ2n) is 4.50. The lowest BCUT2D eigenvalue weighted by Gasteiger charge is -2.26. The van der Waals surface area contributed by atoms with Crippen molar-refractivity contribution < 1.29 is 65.5 Å². The predicted molar refractivity (Wildman–Crippen MR) is 78.8 cm³/mol. The maximum absolute atomic E-state index is 13.7. The molecular formula is C10H11F7O8S3. The normalized spacial score (nSPS) is 14.9. The van der Waals surface area contributed by atoms with E-state index in [-0.39, 0.29) is 0 Å². The molecule has 0 aliphatic carbocycles. The molecule has 0 fully saturated rings. The van der Waals surface area contributed by atoms with Crippen molar-refractivity contribution in [1.82, 2.24) is 0 Å². The molecule has 0 heterocycles. The standard InChI is InChI=1S/C10H11F7O8S3/c1-3-5-24-9(14,15)27(20,21)7(26(18,19)8(11,12)13)28(22,23)10(16,17)25-6-4-2/h3-4,7H,1-2,5-6H2. The van der Waals surface area contributed by atoms with E-state index in [9.17, 15) is 56.0 Å². The Balaban J connectivity index is 7.00. The van der Waals surface area contributed by atoms with Crippen LogP contribution in [0.25, 0.3) is 0 Å². The summed E-state index contributed by atoms with van der Waals surface area (Å²) in [5, 5.41) is 0. The van der Waals surface area contributed by atoms with Crippen LogP contribution in [0.4, 0.5) is 30.7 Å². The zero-order valence-electron chi connectivity index (χ0n) is 13.2. The van der Waals surface area contributed by atoms with Crippen molar-refractivity contribution >= 4 is 29.5 Å². The Morgan fingerprint density at radius 1 is 0.679 bits per heavy atom. The lowest BCUT2D eigenvalue weighted by atomic mass is 10.7. The van der Waals surface area contributed by atoms with Crippen LogP contribution >= 0.6 is 0 Å². The first-order chi connectivity index (χ1) is 12.2. The van der Waals surface area contributed by atoms with Gasteiger partial charge in [-0.15, -0.1) is 13.2 Å². The highest BCUT2D eigenvalue weighted by Crippen LogP contribution is 2.43. The fourth-order valence-electron chi connectivity index (χ4n) is 1.31. The number of hydrogen-bond acceptors (Lipinski definition) is 8. The van der Waals surface area contributed by atoms with E-state index in [1.807, 2.05) is 0 Å². The van der Waals surface area contributed by atoms with E-state index in [1.54, 1.807) is 0 Å². The largest absolute Gasteiger partial charge is 0.499 e. The second kappa shape index (κ2) is 8.25. The summed E-state index contributed by atoms with van der Waals surface area (Å²) >= 11 is 0. The number of alkyl halides is 7. The van der Waals surface area contributed by atoms with E-state index >= 15 is 0 Å². The topological polar surface area (TPSA) is 121 Å².